The van der Waals surface area contributed by atoms with Gasteiger partial charge >= 0.3 is 0 Å². The highest BCUT2D eigenvalue weighted by atomic mass is 16.5. The van der Waals surface area contributed by atoms with Crippen LogP contribution in [-0.2, 0) is 6.54 Å². The molecular weight excluding hydrogens is 228 g/mol. The molecule has 2 fully saturated rings. The van der Waals surface area contributed by atoms with Crippen LogP contribution in [0.5, 0.6) is 0 Å². The smallest absolute Gasteiger partial charge is 0.240 e. The SMILES string of the molecule is Cc1noc(CN2CCNCC23CCCCC3)n1. The van der Waals surface area contributed by atoms with Crippen molar-refractivity contribution >= 4 is 0 Å². The van der Waals surface area contributed by atoms with Gasteiger partial charge in [0.05, 0.1) is 6.54 Å². The van der Waals surface area contributed by atoms with Gasteiger partial charge < -0.3 is 9.84 Å². The third-order valence-electron chi connectivity index (χ3n) is 4.36. The van der Waals surface area contributed by atoms with Gasteiger partial charge in [0.1, 0.15) is 0 Å². The monoisotopic (exact) mass is 250 g/mol. The summed E-state index contributed by atoms with van der Waals surface area (Å²) in [4.78, 5) is 6.91. The van der Waals surface area contributed by atoms with Crippen LogP contribution >= 0.6 is 0 Å². The first kappa shape index (κ1) is 12.1. The van der Waals surface area contributed by atoms with Crippen molar-refractivity contribution in [2.24, 2.45) is 0 Å². The molecule has 0 radical (unpaired) electrons. The quantitative estimate of drug-likeness (QED) is 0.861. The molecule has 1 aliphatic heterocycles. The van der Waals surface area contributed by atoms with Crippen molar-refractivity contribution in [2.45, 2.75) is 51.1 Å². The highest BCUT2D eigenvalue weighted by molar-refractivity contribution is 4.99. The van der Waals surface area contributed by atoms with Crippen LogP contribution in [0, 0.1) is 6.92 Å². The van der Waals surface area contributed by atoms with E-state index in [1.54, 1.807) is 0 Å². The van der Waals surface area contributed by atoms with Gasteiger partial charge in [-0.1, -0.05) is 24.4 Å². The lowest BCUT2D eigenvalue weighted by Gasteiger charge is -2.49. The second kappa shape index (κ2) is 4.97. The molecule has 2 aliphatic rings. The lowest BCUT2D eigenvalue weighted by atomic mass is 9.79. The van der Waals surface area contributed by atoms with Gasteiger partial charge in [-0.05, 0) is 19.8 Å². The van der Waals surface area contributed by atoms with E-state index in [0.29, 0.717) is 5.54 Å². The molecule has 1 aromatic heterocycles. The van der Waals surface area contributed by atoms with E-state index in [-0.39, 0.29) is 0 Å². The number of aromatic nitrogens is 2. The molecule has 1 saturated carbocycles. The lowest BCUT2D eigenvalue weighted by molar-refractivity contribution is 0.0135. The van der Waals surface area contributed by atoms with Crippen molar-refractivity contribution in [1.82, 2.24) is 20.4 Å². The normalized spacial score (nSPS) is 24.5. The second-order valence-corrected chi connectivity index (χ2v) is 5.62. The number of nitrogens with one attached hydrogen (secondary N) is 1. The van der Waals surface area contributed by atoms with E-state index in [9.17, 15) is 0 Å². The van der Waals surface area contributed by atoms with Crippen molar-refractivity contribution in [3.8, 4) is 0 Å². The standard InChI is InChI=1S/C13H22N4O/c1-11-15-12(18-16-11)9-17-8-7-14-10-13(17)5-3-2-4-6-13/h14H,2-10H2,1H3. The van der Waals surface area contributed by atoms with E-state index >= 15 is 0 Å². The van der Waals surface area contributed by atoms with Gasteiger partial charge in [-0.3, -0.25) is 4.90 Å². The minimum absolute atomic E-state index is 0.332. The Labute approximate surface area is 108 Å². The fraction of sp³-hybridized carbons (Fsp3) is 0.846. The van der Waals surface area contributed by atoms with Crippen LogP contribution in [-0.4, -0.2) is 40.2 Å². The zero-order valence-electron chi connectivity index (χ0n) is 11.1. The summed E-state index contributed by atoms with van der Waals surface area (Å²) in [5.41, 5.74) is 0.332. The Balaban J connectivity index is 1.75. The van der Waals surface area contributed by atoms with Gasteiger partial charge in [0.15, 0.2) is 5.82 Å². The molecular formula is C13H22N4O. The maximum Gasteiger partial charge on any atom is 0.240 e. The number of aryl methyl sites for hydroxylation is 1. The van der Waals surface area contributed by atoms with Gasteiger partial charge in [0, 0.05) is 25.2 Å². The average molecular weight is 250 g/mol. The first-order valence-electron chi connectivity index (χ1n) is 7.03. The molecule has 0 amide bonds. The van der Waals surface area contributed by atoms with Gasteiger partial charge in [-0.25, -0.2) is 0 Å². The summed E-state index contributed by atoms with van der Waals surface area (Å²) in [5.74, 6) is 1.50. The second-order valence-electron chi connectivity index (χ2n) is 5.62. The maximum absolute atomic E-state index is 5.28. The highest BCUT2D eigenvalue weighted by Gasteiger charge is 2.40. The van der Waals surface area contributed by atoms with Crippen molar-refractivity contribution < 1.29 is 4.52 Å². The molecule has 1 saturated heterocycles. The molecule has 0 aromatic carbocycles. The van der Waals surface area contributed by atoms with Crippen LogP contribution < -0.4 is 5.32 Å². The lowest BCUT2D eigenvalue weighted by Crippen LogP contribution is -2.61. The molecule has 5 nitrogen and oxygen atoms in total. The van der Waals surface area contributed by atoms with Crippen LogP contribution in [0.2, 0.25) is 0 Å². The molecule has 2 heterocycles. The summed E-state index contributed by atoms with van der Waals surface area (Å²) in [5, 5.41) is 7.45. The van der Waals surface area contributed by atoms with E-state index in [1.165, 1.54) is 32.1 Å². The molecule has 5 heteroatoms. The van der Waals surface area contributed by atoms with Crippen LogP contribution in [0.25, 0.3) is 0 Å². The van der Waals surface area contributed by atoms with E-state index in [0.717, 1.165) is 37.9 Å². The molecule has 0 atom stereocenters. The minimum atomic E-state index is 0.332. The summed E-state index contributed by atoms with van der Waals surface area (Å²) in [6, 6.07) is 0. The third-order valence-corrected chi connectivity index (χ3v) is 4.36. The fourth-order valence-electron chi connectivity index (χ4n) is 3.40. The first-order valence-corrected chi connectivity index (χ1v) is 7.03. The van der Waals surface area contributed by atoms with Gasteiger partial charge in [-0.15, -0.1) is 0 Å². The first-order chi connectivity index (χ1) is 8.78. The van der Waals surface area contributed by atoms with Crippen LogP contribution in [0.1, 0.15) is 43.8 Å². The van der Waals surface area contributed by atoms with Crippen molar-refractivity contribution in [2.75, 3.05) is 19.6 Å². The number of hydrogen-bond acceptors (Lipinski definition) is 5. The highest BCUT2D eigenvalue weighted by Crippen LogP contribution is 2.35. The van der Waals surface area contributed by atoms with Crippen LogP contribution in [0.15, 0.2) is 4.52 Å². The number of piperazine rings is 1. The van der Waals surface area contributed by atoms with Gasteiger partial charge in [0.2, 0.25) is 5.89 Å². The van der Waals surface area contributed by atoms with Crippen LogP contribution in [0.3, 0.4) is 0 Å². The Morgan fingerprint density at radius 3 is 2.89 bits per heavy atom. The molecule has 1 aromatic rings. The summed E-state index contributed by atoms with van der Waals surface area (Å²) in [6.45, 7) is 5.94. The number of hydrogen-bond donors (Lipinski definition) is 1. The van der Waals surface area contributed by atoms with E-state index in [1.807, 2.05) is 6.92 Å². The third kappa shape index (κ3) is 2.29. The largest absolute Gasteiger partial charge is 0.338 e. The van der Waals surface area contributed by atoms with E-state index in [4.69, 9.17) is 4.52 Å². The molecule has 0 unspecified atom stereocenters. The Morgan fingerprint density at radius 2 is 2.17 bits per heavy atom. The van der Waals surface area contributed by atoms with Crippen molar-refractivity contribution in [1.29, 1.82) is 0 Å². The molecule has 1 N–H and O–H groups in total. The molecule has 100 valence electrons. The number of rotatable bonds is 2. The molecule has 1 spiro atoms. The molecule has 0 bridgehead atoms. The Bertz CT molecular complexity index is 389. The predicted octanol–water partition coefficient (Wildman–Crippen LogP) is 1.49. The van der Waals surface area contributed by atoms with Crippen LogP contribution in [0.4, 0.5) is 0 Å². The van der Waals surface area contributed by atoms with E-state index in [2.05, 4.69) is 20.4 Å². The predicted molar refractivity (Wildman–Crippen MR) is 68.1 cm³/mol. The minimum Gasteiger partial charge on any atom is -0.338 e. The molecule has 18 heavy (non-hydrogen) atoms. The summed E-state index contributed by atoms with van der Waals surface area (Å²) in [7, 11) is 0. The summed E-state index contributed by atoms with van der Waals surface area (Å²) >= 11 is 0. The molecule has 1 aliphatic carbocycles. The summed E-state index contributed by atoms with van der Waals surface area (Å²) < 4.78 is 5.28. The van der Waals surface area contributed by atoms with E-state index < -0.39 is 0 Å². The Kier molecular flexibility index (Phi) is 3.35. The van der Waals surface area contributed by atoms with Gasteiger partial charge in [-0.2, -0.15) is 4.98 Å². The Hall–Kier alpha value is -0.940. The number of nitrogens with zero attached hydrogens (tertiary/aromatic N) is 3. The zero-order valence-corrected chi connectivity index (χ0v) is 11.1. The van der Waals surface area contributed by atoms with Gasteiger partial charge in [0.25, 0.3) is 0 Å². The topological polar surface area (TPSA) is 54.2 Å². The average Bonchev–Trinajstić information content (AvgIpc) is 2.79. The van der Waals surface area contributed by atoms with Crippen molar-refractivity contribution in [3.63, 3.8) is 0 Å². The Morgan fingerprint density at radius 1 is 1.33 bits per heavy atom. The van der Waals surface area contributed by atoms with Crippen molar-refractivity contribution in [3.05, 3.63) is 11.7 Å². The molecule has 3 rings (SSSR count). The zero-order chi connectivity index (χ0) is 12.4. The summed E-state index contributed by atoms with van der Waals surface area (Å²) in [6.07, 6.45) is 6.68. The fourth-order valence-corrected chi connectivity index (χ4v) is 3.40. The maximum atomic E-state index is 5.28.